The van der Waals surface area contributed by atoms with Crippen LogP contribution in [0, 0.1) is 13.8 Å². The van der Waals surface area contributed by atoms with Crippen molar-refractivity contribution in [3.05, 3.63) is 22.2 Å². The van der Waals surface area contributed by atoms with E-state index in [0.29, 0.717) is 5.02 Å². The molecule has 0 spiro atoms. The highest BCUT2D eigenvalue weighted by molar-refractivity contribution is 6.35. The molecule has 12 heavy (non-hydrogen) atoms. The van der Waals surface area contributed by atoms with E-state index in [1.807, 2.05) is 19.9 Å². The molecule has 0 aliphatic heterocycles. The molecule has 0 bridgehead atoms. The Hall–Kier alpha value is -1.09. The van der Waals surface area contributed by atoms with E-state index in [-0.39, 0.29) is 0 Å². The van der Waals surface area contributed by atoms with E-state index >= 15 is 0 Å². The van der Waals surface area contributed by atoms with Gasteiger partial charge in [0.1, 0.15) is 11.0 Å². The summed E-state index contributed by atoms with van der Waals surface area (Å²) in [6.45, 7) is 3.99. The van der Waals surface area contributed by atoms with Gasteiger partial charge in [-0.05, 0) is 31.0 Å². The Morgan fingerprint density at radius 3 is 2.83 bits per heavy atom. The first kappa shape index (κ1) is 7.55. The van der Waals surface area contributed by atoms with Gasteiger partial charge in [0.15, 0.2) is 0 Å². The van der Waals surface area contributed by atoms with Gasteiger partial charge in [-0.2, -0.15) is 15.4 Å². The summed E-state index contributed by atoms with van der Waals surface area (Å²) in [5.74, 6) is 0. The van der Waals surface area contributed by atoms with Gasteiger partial charge in [0.05, 0.1) is 5.02 Å². The van der Waals surface area contributed by atoms with Crippen LogP contribution in [0.1, 0.15) is 11.1 Å². The molecule has 0 saturated heterocycles. The molecule has 2 rings (SSSR count). The SMILES string of the molecule is Cc1cc2n[nH]nc2c(Cl)c1C. The second-order valence-electron chi connectivity index (χ2n) is 2.82. The average molecular weight is 182 g/mol. The molecule has 1 aromatic carbocycles. The molecular weight excluding hydrogens is 174 g/mol. The van der Waals surface area contributed by atoms with Gasteiger partial charge in [0.2, 0.25) is 0 Å². The summed E-state index contributed by atoms with van der Waals surface area (Å²) in [7, 11) is 0. The highest BCUT2D eigenvalue weighted by Gasteiger charge is 2.07. The van der Waals surface area contributed by atoms with Gasteiger partial charge in [0.25, 0.3) is 0 Å². The number of hydrogen-bond donors (Lipinski definition) is 1. The van der Waals surface area contributed by atoms with Gasteiger partial charge >= 0.3 is 0 Å². The van der Waals surface area contributed by atoms with Crippen molar-refractivity contribution in [3.63, 3.8) is 0 Å². The van der Waals surface area contributed by atoms with Crippen LogP contribution < -0.4 is 0 Å². The number of aryl methyl sites for hydroxylation is 1. The lowest BCUT2D eigenvalue weighted by molar-refractivity contribution is 0.959. The summed E-state index contributed by atoms with van der Waals surface area (Å²) < 4.78 is 0. The molecule has 0 atom stereocenters. The van der Waals surface area contributed by atoms with Crippen LogP contribution in [0.5, 0.6) is 0 Å². The number of benzene rings is 1. The van der Waals surface area contributed by atoms with Crippen molar-refractivity contribution in [1.29, 1.82) is 0 Å². The molecule has 4 heteroatoms. The van der Waals surface area contributed by atoms with Crippen LogP contribution in [0.15, 0.2) is 6.07 Å². The van der Waals surface area contributed by atoms with Crippen molar-refractivity contribution in [2.75, 3.05) is 0 Å². The first-order chi connectivity index (χ1) is 5.70. The highest BCUT2D eigenvalue weighted by Crippen LogP contribution is 2.26. The molecule has 0 radical (unpaired) electrons. The number of halogens is 1. The van der Waals surface area contributed by atoms with E-state index < -0.39 is 0 Å². The highest BCUT2D eigenvalue weighted by atomic mass is 35.5. The zero-order valence-electron chi connectivity index (χ0n) is 6.85. The maximum Gasteiger partial charge on any atom is 0.131 e. The molecule has 3 nitrogen and oxygen atoms in total. The summed E-state index contributed by atoms with van der Waals surface area (Å²) in [4.78, 5) is 0. The number of fused-ring (bicyclic) bond motifs is 1. The summed E-state index contributed by atoms with van der Waals surface area (Å²) in [5, 5.41) is 11.2. The van der Waals surface area contributed by atoms with Crippen LogP contribution in [0.3, 0.4) is 0 Å². The monoisotopic (exact) mass is 181 g/mol. The molecule has 0 fully saturated rings. The molecule has 2 aromatic rings. The van der Waals surface area contributed by atoms with Crippen molar-refractivity contribution < 1.29 is 0 Å². The van der Waals surface area contributed by atoms with E-state index in [0.717, 1.165) is 22.2 Å². The van der Waals surface area contributed by atoms with Crippen LogP contribution in [0.25, 0.3) is 11.0 Å². The third kappa shape index (κ3) is 0.898. The van der Waals surface area contributed by atoms with E-state index in [4.69, 9.17) is 11.6 Å². The van der Waals surface area contributed by atoms with E-state index in [9.17, 15) is 0 Å². The second-order valence-corrected chi connectivity index (χ2v) is 3.20. The largest absolute Gasteiger partial charge is 0.197 e. The van der Waals surface area contributed by atoms with Crippen molar-refractivity contribution in [2.45, 2.75) is 13.8 Å². The third-order valence-corrected chi connectivity index (χ3v) is 2.52. The Kier molecular flexibility index (Phi) is 1.54. The number of rotatable bonds is 0. The lowest BCUT2D eigenvalue weighted by Crippen LogP contribution is -1.83. The summed E-state index contributed by atoms with van der Waals surface area (Å²) in [6, 6.07) is 1.97. The number of hydrogen-bond acceptors (Lipinski definition) is 2. The van der Waals surface area contributed by atoms with E-state index in [2.05, 4.69) is 15.4 Å². The lowest BCUT2D eigenvalue weighted by Gasteiger charge is -2.00. The minimum atomic E-state index is 0.693. The molecule has 0 aliphatic carbocycles. The van der Waals surface area contributed by atoms with Gasteiger partial charge < -0.3 is 0 Å². The molecular formula is C8H8ClN3. The Morgan fingerprint density at radius 2 is 2.08 bits per heavy atom. The zero-order chi connectivity index (χ0) is 8.72. The molecule has 62 valence electrons. The van der Waals surface area contributed by atoms with E-state index in [1.54, 1.807) is 0 Å². The fourth-order valence-electron chi connectivity index (χ4n) is 1.17. The van der Waals surface area contributed by atoms with Gasteiger partial charge in [-0.3, -0.25) is 0 Å². The van der Waals surface area contributed by atoms with Crippen molar-refractivity contribution >= 4 is 22.6 Å². The lowest BCUT2D eigenvalue weighted by atomic mass is 10.1. The first-order valence-electron chi connectivity index (χ1n) is 3.66. The topological polar surface area (TPSA) is 41.6 Å². The normalized spacial score (nSPS) is 10.9. The van der Waals surface area contributed by atoms with Gasteiger partial charge in [-0.25, -0.2) is 0 Å². The van der Waals surface area contributed by atoms with Crippen LogP contribution in [0.4, 0.5) is 0 Å². The Labute approximate surface area is 74.7 Å². The number of nitrogens with one attached hydrogen (secondary N) is 1. The second kappa shape index (κ2) is 2.45. The predicted octanol–water partition coefficient (Wildman–Crippen LogP) is 2.23. The molecule has 0 saturated carbocycles. The molecule has 0 aliphatic rings. The van der Waals surface area contributed by atoms with Crippen molar-refractivity contribution in [1.82, 2.24) is 15.4 Å². The summed E-state index contributed by atoms with van der Waals surface area (Å²) in [5.41, 5.74) is 3.78. The van der Waals surface area contributed by atoms with Crippen LogP contribution in [-0.2, 0) is 0 Å². The minimum Gasteiger partial charge on any atom is -0.197 e. The number of aromatic nitrogens is 3. The van der Waals surface area contributed by atoms with Gasteiger partial charge in [-0.1, -0.05) is 11.6 Å². The Balaban J connectivity index is 2.94. The minimum absolute atomic E-state index is 0.693. The first-order valence-corrected chi connectivity index (χ1v) is 4.04. The number of aromatic amines is 1. The van der Waals surface area contributed by atoms with Crippen LogP contribution in [-0.4, -0.2) is 15.4 Å². The van der Waals surface area contributed by atoms with Crippen molar-refractivity contribution in [3.8, 4) is 0 Å². The average Bonchev–Trinajstić information content (AvgIpc) is 2.48. The van der Waals surface area contributed by atoms with Gasteiger partial charge in [-0.15, -0.1) is 0 Å². The summed E-state index contributed by atoms with van der Waals surface area (Å²) in [6.07, 6.45) is 0. The van der Waals surface area contributed by atoms with Gasteiger partial charge in [0, 0.05) is 0 Å². The molecule has 1 heterocycles. The zero-order valence-corrected chi connectivity index (χ0v) is 7.61. The fourth-order valence-corrected chi connectivity index (χ4v) is 1.45. The molecule has 0 amide bonds. The van der Waals surface area contributed by atoms with Crippen LogP contribution >= 0.6 is 11.6 Å². The molecule has 0 unspecified atom stereocenters. The predicted molar refractivity (Wildman–Crippen MR) is 48.4 cm³/mol. The maximum atomic E-state index is 6.05. The maximum absolute atomic E-state index is 6.05. The quantitative estimate of drug-likeness (QED) is 0.677. The Morgan fingerprint density at radius 1 is 1.33 bits per heavy atom. The molecule has 1 aromatic heterocycles. The number of nitrogens with zero attached hydrogens (tertiary/aromatic N) is 2. The Bertz CT molecular complexity index is 433. The van der Waals surface area contributed by atoms with Crippen molar-refractivity contribution in [2.24, 2.45) is 0 Å². The number of H-pyrrole nitrogens is 1. The molecule has 1 N–H and O–H groups in total. The van der Waals surface area contributed by atoms with E-state index in [1.165, 1.54) is 0 Å². The van der Waals surface area contributed by atoms with Crippen LogP contribution in [0.2, 0.25) is 5.02 Å². The fraction of sp³-hybridized carbons (Fsp3) is 0.250. The summed E-state index contributed by atoms with van der Waals surface area (Å²) >= 11 is 6.05. The standard InChI is InChI=1S/C8H8ClN3/c1-4-3-6-8(11-12-10-6)7(9)5(4)2/h3H,1-2H3,(H,10,11,12). The third-order valence-electron chi connectivity index (χ3n) is 2.06. The smallest absolute Gasteiger partial charge is 0.131 e.